The zero-order chi connectivity index (χ0) is 7.56. The largest absolute Gasteiger partial charge is 0.612 e. The van der Waals surface area contributed by atoms with Crippen molar-refractivity contribution in [3.05, 3.63) is 29.3 Å². The van der Waals surface area contributed by atoms with Gasteiger partial charge >= 0.3 is 0 Å². The molecule has 1 aromatic rings. The van der Waals surface area contributed by atoms with E-state index in [1.165, 1.54) is 0 Å². The summed E-state index contributed by atoms with van der Waals surface area (Å²) in [5, 5.41) is 0.507. The number of hydrogen-bond donors (Lipinski definition) is 0. The molecule has 0 aromatic heterocycles. The third-order valence-corrected chi connectivity index (χ3v) is 2.21. The number of benzene rings is 1. The van der Waals surface area contributed by atoms with Crippen LogP contribution in [-0.2, 0) is 11.2 Å². The second kappa shape index (κ2) is 3.28. The van der Waals surface area contributed by atoms with Crippen molar-refractivity contribution in [2.24, 2.45) is 0 Å². The van der Waals surface area contributed by atoms with Gasteiger partial charge in [0, 0.05) is 12.1 Å². The van der Waals surface area contributed by atoms with Crippen LogP contribution in [0.3, 0.4) is 0 Å². The first-order chi connectivity index (χ1) is 4.70. The highest BCUT2D eigenvalue weighted by Gasteiger charge is 2.02. The fourth-order valence-electron chi connectivity index (χ4n) is 0.597. The third kappa shape index (κ3) is 1.90. The summed E-state index contributed by atoms with van der Waals surface area (Å²) in [4.78, 5) is 0.740. The van der Waals surface area contributed by atoms with Crippen LogP contribution in [0.15, 0.2) is 23.1 Å². The summed E-state index contributed by atoms with van der Waals surface area (Å²) >= 11 is 4.66. The highest BCUT2D eigenvalue weighted by atomic mass is 35.5. The van der Waals surface area contributed by atoms with Gasteiger partial charge in [0.25, 0.3) is 0 Å². The third-order valence-electron chi connectivity index (χ3n) is 1.07. The second-order valence-electron chi connectivity index (χ2n) is 1.83. The van der Waals surface area contributed by atoms with E-state index in [1.54, 1.807) is 24.5 Å². The predicted molar refractivity (Wildman–Crippen MR) is 42.6 cm³/mol. The highest BCUT2D eigenvalue weighted by molar-refractivity contribution is 7.90. The van der Waals surface area contributed by atoms with Gasteiger partial charge < -0.3 is 4.55 Å². The normalized spacial score (nSPS) is 13.1. The van der Waals surface area contributed by atoms with Crippen molar-refractivity contribution >= 4 is 22.8 Å². The van der Waals surface area contributed by atoms with Crippen molar-refractivity contribution in [3.63, 3.8) is 0 Å². The average molecular weight is 174 g/mol. The molecular weight excluding hydrogens is 168 g/mol. The van der Waals surface area contributed by atoms with Crippen molar-refractivity contribution < 1.29 is 4.55 Å². The smallest absolute Gasteiger partial charge is 0.153 e. The van der Waals surface area contributed by atoms with Gasteiger partial charge in [-0.2, -0.15) is 0 Å². The maximum Gasteiger partial charge on any atom is 0.153 e. The Hall–Kier alpha value is -0.180. The molecule has 0 heterocycles. The molecule has 0 aliphatic heterocycles. The molecule has 0 amide bonds. The van der Waals surface area contributed by atoms with Gasteiger partial charge in [0.1, 0.15) is 6.26 Å². The topological polar surface area (TPSA) is 23.1 Å². The summed E-state index contributed by atoms with van der Waals surface area (Å²) in [5.74, 6) is 0. The molecule has 0 saturated heterocycles. The monoisotopic (exact) mass is 173 g/mol. The maximum absolute atomic E-state index is 10.8. The fourth-order valence-corrected chi connectivity index (χ4v) is 1.39. The molecular formula is C7H6ClOS. The standard InChI is InChI=1S/C7H6ClOS/c1-10(9)7-4-2-3-6(8)5-7/h2,4-5H,1H3. The first-order valence-corrected chi connectivity index (χ1v) is 4.64. The molecule has 1 nitrogen and oxygen atoms in total. The van der Waals surface area contributed by atoms with Crippen molar-refractivity contribution in [1.29, 1.82) is 0 Å². The van der Waals surface area contributed by atoms with E-state index >= 15 is 0 Å². The van der Waals surface area contributed by atoms with Crippen LogP contribution >= 0.6 is 11.6 Å². The first-order valence-electron chi connectivity index (χ1n) is 2.71. The molecule has 0 aliphatic rings. The van der Waals surface area contributed by atoms with Crippen molar-refractivity contribution in [2.45, 2.75) is 4.90 Å². The molecule has 1 radical (unpaired) electrons. The Morgan fingerprint density at radius 3 is 2.80 bits per heavy atom. The fraction of sp³-hybridized carbons (Fsp3) is 0.143. The summed E-state index contributed by atoms with van der Waals surface area (Å²) in [6, 6.07) is 7.81. The molecule has 3 heteroatoms. The van der Waals surface area contributed by atoms with Crippen LogP contribution < -0.4 is 0 Å². The summed E-state index contributed by atoms with van der Waals surface area (Å²) < 4.78 is 10.8. The molecule has 0 aliphatic carbocycles. The van der Waals surface area contributed by atoms with E-state index in [0.717, 1.165) is 4.90 Å². The number of rotatable bonds is 1. The molecule has 0 bridgehead atoms. The zero-order valence-corrected chi connectivity index (χ0v) is 7.00. The Bertz CT molecular complexity index is 225. The lowest BCUT2D eigenvalue weighted by atomic mass is 10.4. The molecule has 1 atom stereocenters. The van der Waals surface area contributed by atoms with E-state index in [4.69, 9.17) is 11.6 Å². The minimum Gasteiger partial charge on any atom is -0.612 e. The Kier molecular flexibility index (Phi) is 2.60. The molecule has 1 unspecified atom stereocenters. The van der Waals surface area contributed by atoms with Gasteiger partial charge in [0.05, 0.1) is 5.02 Å². The van der Waals surface area contributed by atoms with Gasteiger partial charge in [0.15, 0.2) is 4.90 Å². The predicted octanol–water partition coefficient (Wildman–Crippen LogP) is 1.88. The van der Waals surface area contributed by atoms with Gasteiger partial charge in [-0.1, -0.05) is 11.6 Å². The van der Waals surface area contributed by atoms with Gasteiger partial charge in [0.2, 0.25) is 0 Å². The van der Waals surface area contributed by atoms with Gasteiger partial charge in [-0.3, -0.25) is 0 Å². The summed E-state index contributed by atoms with van der Waals surface area (Å²) in [7, 11) is 0. The van der Waals surface area contributed by atoms with E-state index in [9.17, 15) is 4.55 Å². The van der Waals surface area contributed by atoms with Crippen LogP contribution in [0.5, 0.6) is 0 Å². The second-order valence-corrected chi connectivity index (χ2v) is 3.61. The van der Waals surface area contributed by atoms with E-state index in [-0.39, 0.29) is 0 Å². The zero-order valence-electron chi connectivity index (χ0n) is 5.43. The Morgan fingerprint density at radius 1 is 1.70 bits per heavy atom. The van der Waals surface area contributed by atoms with Crippen LogP contribution in [0.2, 0.25) is 5.02 Å². The number of halogens is 1. The lowest BCUT2D eigenvalue weighted by Crippen LogP contribution is -1.95. The van der Waals surface area contributed by atoms with E-state index in [1.807, 2.05) is 0 Å². The Morgan fingerprint density at radius 2 is 2.40 bits per heavy atom. The lowest BCUT2D eigenvalue weighted by molar-refractivity contribution is 0.601. The van der Waals surface area contributed by atoms with E-state index in [2.05, 4.69) is 6.07 Å². The molecule has 0 fully saturated rings. The molecule has 53 valence electrons. The molecule has 10 heavy (non-hydrogen) atoms. The minimum absolute atomic E-state index is 0.507. The van der Waals surface area contributed by atoms with Gasteiger partial charge in [-0.15, -0.1) is 0 Å². The number of hydrogen-bond acceptors (Lipinski definition) is 1. The summed E-state index contributed by atoms with van der Waals surface area (Å²) in [6.45, 7) is 0. The van der Waals surface area contributed by atoms with Gasteiger partial charge in [-0.05, 0) is 23.3 Å². The summed E-state index contributed by atoms with van der Waals surface area (Å²) in [5.41, 5.74) is 0. The van der Waals surface area contributed by atoms with Crippen LogP contribution in [0.25, 0.3) is 0 Å². The maximum atomic E-state index is 10.8. The SMILES string of the molecule is C[S+]([O-])c1cc[c]c(Cl)c1. The molecule has 0 saturated carbocycles. The molecule has 0 N–H and O–H groups in total. The molecule has 0 spiro atoms. The lowest BCUT2D eigenvalue weighted by Gasteiger charge is -2.02. The van der Waals surface area contributed by atoms with Crippen LogP contribution in [0, 0.1) is 6.07 Å². The first kappa shape index (κ1) is 7.92. The Balaban J connectivity index is 2.96. The average Bonchev–Trinajstić information content (AvgIpc) is 1.88. The van der Waals surface area contributed by atoms with Crippen molar-refractivity contribution in [2.75, 3.05) is 6.26 Å². The Labute approximate surface area is 68.2 Å². The van der Waals surface area contributed by atoms with Crippen molar-refractivity contribution in [3.8, 4) is 0 Å². The quantitative estimate of drug-likeness (QED) is 0.595. The minimum atomic E-state index is -0.944. The highest BCUT2D eigenvalue weighted by Crippen LogP contribution is 2.13. The molecule has 1 aromatic carbocycles. The summed E-state index contributed by atoms with van der Waals surface area (Å²) in [6.07, 6.45) is 1.62. The van der Waals surface area contributed by atoms with E-state index < -0.39 is 11.2 Å². The van der Waals surface area contributed by atoms with E-state index in [0.29, 0.717) is 5.02 Å². The van der Waals surface area contributed by atoms with Crippen LogP contribution in [0.1, 0.15) is 0 Å². The van der Waals surface area contributed by atoms with Gasteiger partial charge in [-0.25, -0.2) is 0 Å². The molecule has 1 rings (SSSR count). The van der Waals surface area contributed by atoms with Crippen molar-refractivity contribution in [1.82, 2.24) is 0 Å². The van der Waals surface area contributed by atoms with Crippen LogP contribution in [0.4, 0.5) is 0 Å². The van der Waals surface area contributed by atoms with Crippen LogP contribution in [-0.4, -0.2) is 10.8 Å².